The molecule has 1 rings (SSSR count). The van der Waals surface area contributed by atoms with Gasteiger partial charge in [-0.2, -0.15) is 0 Å². The Kier molecular flexibility index (Phi) is 6.26. The van der Waals surface area contributed by atoms with Crippen molar-refractivity contribution in [1.82, 2.24) is 5.32 Å². The first-order valence-corrected chi connectivity index (χ1v) is 6.38. The van der Waals surface area contributed by atoms with Crippen LogP contribution in [0.25, 0.3) is 0 Å². The Balaban J connectivity index is 3.02. The van der Waals surface area contributed by atoms with Crippen LogP contribution in [0, 0.1) is 0 Å². The number of aliphatic hydroxyl groups excluding tert-OH is 1. The van der Waals surface area contributed by atoms with Gasteiger partial charge in [-0.3, -0.25) is 4.79 Å². The summed E-state index contributed by atoms with van der Waals surface area (Å²) in [5.41, 5.74) is 0.127. The molecule has 8 heteroatoms. The second kappa shape index (κ2) is 7.70. The molecule has 1 aromatic rings. The fourth-order valence-electron chi connectivity index (χ4n) is 1.68. The lowest BCUT2D eigenvalue weighted by Gasteiger charge is -2.15. The summed E-state index contributed by atoms with van der Waals surface area (Å²) in [6.07, 6.45) is -0.0951. The van der Waals surface area contributed by atoms with Gasteiger partial charge in [0, 0.05) is 18.6 Å². The maximum absolute atomic E-state index is 12.0. The van der Waals surface area contributed by atoms with Crippen molar-refractivity contribution in [3.05, 3.63) is 22.7 Å². The Morgan fingerprint density at radius 1 is 1.33 bits per heavy atom. The number of methoxy groups -OCH3 is 2. The lowest BCUT2D eigenvalue weighted by atomic mass is 10.1. The summed E-state index contributed by atoms with van der Waals surface area (Å²) < 4.78 is 10.1. The number of benzene rings is 1. The molecule has 21 heavy (non-hydrogen) atoms. The number of carbonyl (C=O) groups excluding carboxylic acids is 1. The first-order chi connectivity index (χ1) is 9.94. The van der Waals surface area contributed by atoms with Crippen LogP contribution in [-0.2, 0) is 4.79 Å². The fourth-order valence-corrected chi connectivity index (χ4v) is 1.96. The molecule has 0 aromatic heterocycles. The summed E-state index contributed by atoms with van der Waals surface area (Å²) in [6.45, 7) is -0.357. The molecule has 0 aliphatic rings. The monoisotopic (exact) mass is 317 g/mol. The molecule has 1 unspecified atom stereocenters. The molecule has 116 valence electrons. The summed E-state index contributed by atoms with van der Waals surface area (Å²) in [4.78, 5) is 23.0. The zero-order valence-electron chi connectivity index (χ0n) is 11.6. The molecule has 0 aliphatic heterocycles. The first kappa shape index (κ1) is 17.1. The highest BCUT2D eigenvalue weighted by Crippen LogP contribution is 2.35. The Morgan fingerprint density at radius 3 is 2.48 bits per heavy atom. The number of halogens is 1. The number of nitrogens with one attached hydrogen (secondary N) is 1. The molecule has 3 N–H and O–H groups in total. The van der Waals surface area contributed by atoms with E-state index in [-0.39, 0.29) is 35.1 Å². The van der Waals surface area contributed by atoms with E-state index in [9.17, 15) is 9.59 Å². The van der Waals surface area contributed by atoms with Gasteiger partial charge in [0.25, 0.3) is 5.91 Å². The van der Waals surface area contributed by atoms with E-state index < -0.39 is 17.9 Å². The Labute approximate surface area is 126 Å². The van der Waals surface area contributed by atoms with E-state index in [0.717, 1.165) is 0 Å². The molecule has 0 heterocycles. The third-order valence-electron chi connectivity index (χ3n) is 2.72. The molecule has 7 nitrogen and oxygen atoms in total. The lowest BCUT2D eigenvalue weighted by molar-refractivity contribution is -0.139. The molecule has 1 amide bonds. The highest BCUT2D eigenvalue weighted by Gasteiger charge is 2.22. The largest absolute Gasteiger partial charge is 0.493 e. The number of aliphatic carboxylic acids is 1. The van der Waals surface area contributed by atoms with Crippen LogP contribution in [-0.4, -0.2) is 49.0 Å². The number of hydrogen-bond acceptors (Lipinski definition) is 5. The van der Waals surface area contributed by atoms with Crippen molar-refractivity contribution < 1.29 is 29.3 Å². The van der Waals surface area contributed by atoms with Gasteiger partial charge >= 0.3 is 5.97 Å². The topological polar surface area (TPSA) is 105 Å². The molecule has 0 saturated heterocycles. The lowest BCUT2D eigenvalue weighted by Crippen LogP contribution is -2.41. The van der Waals surface area contributed by atoms with Gasteiger partial charge in [-0.05, 0) is 12.1 Å². The van der Waals surface area contributed by atoms with Gasteiger partial charge in [-0.1, -0.05) is 11.6 Å². The van der Waals surface area contributed by atoms with E-state index in [0.29, 0.717) is 0 Å². The van der Waals surface area contributed by atoms with Crippen molar-refractivity contribution in [2.75, 3.05) is 20.8 Å². The van der Waals surface area contributed by atoms with Crippen LogP contribution >= 0.6 is 11.6 Å². The van der Waals surface area contributed by atoms with E-state index in [1.165, 1.54) is 26.4 Å². The summed E-state index contributed by atoms with van der Waals surface area (Å²) in [5, 5.41) is 20.2. The predicted octanol–water partition coefficient (Wildman–Crippen LogP) is 0.923. The van der Waals surface area contributed by atoms with Crippen molar-refractivity contribution in [3.8, 4) is 11.5 Å². The second-order valence-corrected chi connectivity index (χ2v) is 4.48. The third kappa shape index (κ3) is 4.24. The first-order valence-electron chi connectivity index (χ1n) is 6.00. The number of carbonyl (C=O) groups is 2. The molecule has 1 aromatic carbocycles. The smallest absolute Gasteiger partial charge is 0.326 e. The van der Waals surface area contributed by atoms with Gasteiger partial charge < -0.3 is 25.0 Å². The van der Waals surface area contributed by atoms with Crippen LogP contribution in [0.1, 0.15) is 16.8 Å². The van der Waals surface area contributed by atoms with Gasteiger partial charge in [0.15, 0.2) is 11.5 Å². The van der Waals surface area contributed by atoms with Gasteiger partial charge in [-0.15, -0.1) is 0 Å². The molecule has 0 saturated carbocycles. The highest BCUT2D eigenvalue weighted by molar-refractivity contribution is 6.32. The molecule has 0 spiro atoms. The summed E-state index contributed by atoms with van der Waals surface area (Å²) in [7, 11) is 2.80. The predicted molar refractivity (Wildman–Crippen MR) is 75.1 cm³/mol. The van der Waals surface area contributed by atoms with Crippen molar-refractivity contribution in [2.45, 2.75) is 12.5 Å². The van der Waals surface area contributed by atoms with E-state index in [2.05, 4.69) is 5.32 Å². The standard InChI is InChI=1S/C13H16ClNO6/c1-20-10-6-7(5-8(14)11(10)21-2)12(17)15-9(3-4-16)13(18)19/h5-6,9,16H,3-4H2,1-2H3,(H,15,17)(H,18,19). The Morgan fingerprint density at radius 2 is 2.00 bits per heavy atom. The van der Waals surface area contributed by atoms with Crippen molar-refractivity contribution in [2.24, 2.45) is 0 Å². The molecule has 0 fully saturated rings. The van der Waals surface area contributed by atoms with Gasteiger partial charge in [0.2, 0.25) is 0 Å². The fraction of sp³-hybridized carbons (Fsp3) is 0.385. The van der Waals surface area contributed by atoms with Crippen LogP contribution in [0.3, 0.4) is 0 Å². The van der Waals surface area contributed by atoms with E-state index in [1.54, 1.807) is 0 Å². The summed E-state index contributed by atoms with van der Waals surface area (Å²) in [5.74, 6) is -1.34. The number of ether oxygens (including phenoxy) is 2. The average Bonchev–Trinajstić information content (AvgIpc) is 2.45. The van der Waals surface area contributed by atoms with Crippen LogP contribution in [0.4, 0.5) is 0 Å². The summed E-state index contributed by atoms with van der Waals surface area (Å²) in [6, 6.07) is 1.54. The molecular formula is C13H16ClNO6. The quantitative estimate of drug-likeness (QED) is 0.690. The Bertz CT molecular complexity index is 534. The van der Waals surface area contributed by atoms with Crippen LogP contribution in [0.15, 0.2) is 12.1 Å². The van der Waals surface area contributed by atoms with Gasteiger partial charge in [0.1, 0.15) is 6.04 Å². The number of rotatable bonds is 7. The molecular weight excluding hydrogens is 302 g/mol. The number of hydrogen-bond donors (Lipinski definition) is 3. The number of aliphatic hydroxyl groups is 1. The zero-order chi connectivity index (χ0) is 16.0. The minimum atomic E-state index is -1.23. The summed E-state index contributed by atoms with van der Waals surface area (Å²) >= 11 is 5.98. The maximum atomic E-state index is 12.0. The van der Waals surface area contributed by atoms with Gasteiger partial charge in [0.05, 0.1) is 19.2 Å². The highest BCUT2D eigenvalue weighted by atomic mass is 35.5. The van der Waals surface area contributed by atoms with Gasteiger partial charge in [-0.25, -0.2) is 4.79 Å². The average molecular weight is 318 g/mol. The van der Waals surface area contributed by atoms with Crippen molar-refractivity contribution in [1.29, 1.82) is 0 Å². The molecule has 0 aliphatic carbocycles. The van der Waals surface area contributed by atoms with E-state index in [1.807, 2.05) is 0 Å². The van der Waals surface area contributed by atoms with Crippen molar-refractivity contribution >= 4 is 23.5 Å². The molecule has 0 radical (unpaired) electrons. The SMILES string of the molecule is COc1cc(C(=O)NC(CCO)C(=O)O)cc(Cl)c1OC. The number of carboxylic acids is 1. The minimum Gasteiger partial charge on any atom is -0.493 e. The van der Waals surface area contributed by atoms with Crippen LogP contribution in [0.2, 0.25) is 5.02 Å². The normalized spacial score (nSPS) is 11.6. The third-order valence-corrected chi connectivity index (χ3v) is 3.00. The van der Waals surface area contributed by atoms with Crippen LogP contribution < -0.4 is 14.8 Å². The zero-order valence-corrected chi connectivity index (χ0v) is 12.3. The maximum Gasteiger partial charge on any atom is 0.326 e. The molecule has 0 bridgehead atoms. The Hall–Kier alpha value is -1.99. The second-order valence-electron chi connectivity index (χ2n) is 4.07. The van der Waals surface area contributed by atoms with Crippen molar-refractivity contribution in [3.63, 3.8) is 0 Å². The van der Waals surface area contributed by atoms with E-state index >= 15 is 0 Å². The molecule has 1 atom stereocenters. The van der Waals surface area contributed by atoms with E-state index in [4.69, 9.17) is 31.3 Å². The minimum absolute atomic E-state index is 0.0951. The number of carboxylic acid groups (broad SMARTS) is 1. The number of amides is 1. The van der Waals surface area contributed by atoms with Crippen LogP contribution in [0.5, 0.6) is 11.5 Å².